The molecule has 0 aliphatic heterocycles. The zero-order chi connectivity index (χ0) is 19.0. The van der Waals surface area contributed by atoms with Gasteiger partial charge in [0, 0.05) is 0 Å². The third-order valence-electron chi connectivity index (χ3n) is 6.60. The van der Waals surface area contributed by atoms with Crippen molar-refractivity contribution >= 4 is 0 Å². The van der Waals surface area contributed by atoms with Crippen molar-refractivity contribution in [1.82, 2.24) is 5.32 Å². The lowest BCUT2D eigenvalue weighted by molar-refractivity contribution is 0.0814. The molecule has 0 fully saturated rings. The molecule has 0 radical (unpaired) electrons. The molecule has 1 nitrogen and oxygen atoms in total. The van der Waals surface area contributed by atoms with Crippen LogP contribution in [0.3, 0.4) is 0 Å². The fourth-order valence-electron chi connectivity index (χ4n) is 3.64. The number of nitrogens with one attached hydrogen (secondary N) is 1. The minimum Gasteiger partial charge on any atom is -0.317 e. The molecule has 0 aromatic rings. The molecular formula is C24H51N. The first-order valence-corrected chi connectivity index (χ1v) is 11.6. The van der Waals surface area contributed by atoms with Crippen LogP contribution < -0.4 is 5.32 Å². The molecule has 0 unspecified atom stereocenters. The van der Waals surface area contributed by atoms with Crippen molar-refractivity contribution < 1.29 is 0 Å². The Morgan fingerprint density at radius 2 is 0.840 bits per heavy atom. The van der Waals surface area contributed by atoms with Crippen LogP contribution in [0.5, 0.6) is 0 Å². The first kappa shape index (κ1) is 25.0. The molecular weight excluding hydrogens is 302 g/mol. The highest BCUT2D eigenvalue weighted by Crippen LogP contribution is 2.46. The van der Waals surface area contributed by atoms with Gasteiger partial charge in [-0.25, -0.2) is 0 Å². The van der Waals surface area contributed by atoms with Gasteiger partial charge >= 0.3 is 0 Å². The average molecular weight is 354 g/mol. The summed E-state index contributed by atoms with van der Waals surface area (Å²) in [6.45, 7) is 17.0. The summed E-state index contributed by atoms with van der Waals surface area (Å²) in [4.78, 5) is 0. The Bertz CT molecular complexity index is 280. The van der Waals surface area contributed by atoms with Gasteiger partial charge in [0.1, 0.15) is 0 Å². The van der Waals surface area contributed by atoms with Crippen LogP contribution in [0.2, 0.25) is 0 Å². The van der Waals surface area contributed by atoms with Crippen molar-refractivity contribution in [2.45, 2.75) is 131 Å². The molecule has 0 spiro atoms. The van der Waals surface area contributed by atoms with Crippen molar-refractivity contribution in [1.29, 1.82) is 0 Å². The lowest BCUT2D eigenvalue weighted by Crippen LogP contribution is -2.32. The minimum absolute atomic E-state index is 0.472. The summed E-state index contributed by atoms with van der Waals surface area (Å²) in [5, 5.41) is 3.58. The molecule has 0 amide bonds. The van der Waals surface area contributed by atoms with E-state index in [1.165, 1.54) is 103 Å². The molecule has 1 heteroatoms. The van der Waals surface area contributed by atoms with Gasteiger partial charge in [-0.2, -0.15) is 0 Å². The largest absolute Gasteiger partial charge is 0.317 e. The van der Waals surface area contributed by atoms with Crippen molar-refractivity contribution in [3.63, 3.8) is 0 Å². The van der Waals surface area contributed by atoms with Gasteiger partial charge in [0.15, 0.2) is 0 Å². The van der Waals surface area contributed by atoms with Crippen LogP contribution >= 0.6 is 0 Å². The van der Waals surface area contributed by atoms with Crippen LogP contribution in [0, 0.1) is 10.8 Å². The first-order chi connectivity index (χ1) is 11.9. The second-order valence-electron chi connectivity index (χ2n) is 9.55. The van der Waals surface area contributed by atoms with Crippen LogP contribution in [0.1, 0.15) is 131 Å². The van der Waals surface area contributed by atoms with E-state index in [4.69, 9.17) is 0 Å². The topological polar surface area (TPSA) is 12.0 Å². The maximum absolute atomic E-state index is 3.58. The fraction of sp³-hybridized carbons (Fsp3) is 1.00. The second kappa shape index (κ2) is 15.1. The highest BCUT2D eigenvalue weighted by molar-refractivity contribution is 4.85. The van der Waals surface area contributed by atoms with Gasteiger partial charge in [0.25, 0.3) is 0 Å². The molecule has 0 saturated heterocycles. The van der Waals surface area contributed by atoms with Gasteiger partial charge < -0.3 is 5.32 Å². The Balaban J connectivity index is 3.66. The highest BCUT2D eigenvalue weighted by atomic mass is 14.8. The first-order valence-electron chi connectivity index (χ1n) is 11.6. The Labute approximate surface area is 161 Å². The van der Waals surface area contributed by atoms with E-state index in [1.54, 1.807) is 0 Å². The van der Waals surface area contributed by atoms with Crippen molar-refractivity contribution in [2.24, 2.45) is 10.8 Å². The smallest absolute Gasteiger partial charge is 0.00489 e. The average Bonchev–Trinajstić information content (AvgIpc) is 2.56. The van der Waals surface area contributed by atoms with E-state index >= 15 is 0 Å². The molecule has 0 bridgehead atoms. The van der Waals surface area contributed by atoms with E-state index < -0.39 is 0 Å². The molecule has 0 aliphatic carbocycles. The summed E-state index contributed by atoms with van der Waals surface area (Å²) in [5.41, 5.74) is 0.948. The molecule has 0 saturated carbocycles. The molecule has 1 N–H and O–H groups in total. The summed E-state index contributed by atoms with van der Waals surface area (Å²) in [5.74, 6) is 0. The van der Waals surface area contributed by atoms with Crippen LogP contribution in [0.4, 0.5) is 0 Å². The normalized spacial score (nSPS) is 12.7. The van der Waals surface area contributed by atoms with Gasteiger partial charge in [-0.3, -0.25) is 0 Å². The zero-order valence-electron chi connectivity index (χ0n) is 18.8. The minimum atomic E-state index is 0.472. The van der Waals surface area contributed by atoms with E-state index in [9.17, 15) is 0 Å². The van der Waals surface area contributed by atoms with Crippen LogP contribution in [0.15, 0.2) is 0 Å². The second-order valence-corrected chi connectivity index (χ2v) is 9.55. The quantitative estimate of drug-likeness (QED) is 0.245. The van der Waals surface area contributed by atoms with Gasteiger partial charge in [-0.05, 0) is 49.6 Å². The van der Waals surface area contributed by atoms with E-state index in [-0.39, 0.29) is 0 Å². The van der Waals surface area contributed by atoms with E-state index in [0.29, 0.717) is 10.8 Å². The standard InChI is InChI=1S/C24H51N/c1-7-9-11-15-19-23(3,4)24(5,6)20-16-13-12-14-18-22-25-21-17-10-8-2/h25H,7-22H2,1-6H3. The molecule has 0 atom stereocenters. The van der Waals surface area contributed by atoms with Gasteiger partial charge in [-0.15, -0.1) is 0 Å². The molecule has 152 valence electrons. The molecule has 0 heterocycles. The van der Waals surface area contributed by atoms with Crippen LogP contribution in [-0.2, 0) is 0 Å². The lowest BCUT2D eigenvalue weighted by atomic mass is 9.63. The van der Waals surface area contributed by atoms with Crippen LogP contribution in [-0.4, -0.2) is 13.1 Å². The summed E-state index contributed by atoms with van der Waals surface area (Å²) in [6.07, 6.45) is 19.4. The van der Waals surface area contributed by atoms with E-state index in [0.717, 1.165) is 0 Å². The number of hydrogen-bond donors (Lipinski definition) is 1. The predicted octanol–water partition coefficient (Wildman–Crippen LogP) is 8.13. The van der Waals surface area contributed by atoms with Gasteiger partial charge in [0.05, 0.1) is 0 Å². The summed E-state index contributed by atoms with van der Waals surface area (Å²) >= 11 is 0. The SMILES string of the molecule is CCCCCCC(C)(C)C(C)(C)CCCCCCCNCCCCC. The number of unbranched alkanes of at least 4 members (excludes halogenated alkanes) is 9. The highest BCUT2D eigenvalue weighted by Gasteiger charge is 2.35. The lowest BCUT2D eigenvalue weighted by Gasteiger charge is -2.42. The molecule has 0 rings (SSSR count). The van der Waals surface area contributed by atoms with E-state index in [2.05, 4.69) is 46.9 Å². The molecule has 0 aromatic heterocycles. The number of hydrogen-bond acceptors (Lipinski definition) is 1. The van der Waals surface area contributed by atoms with Crippen molar-refractivity contribution in [2.75, 3.05) is 13.1 Å². The zero-order valence-corrected chi connectivity index (χ0v) is 18.8. The number of rotatable bonds is 18. The molecule has 0 aromatic carbocycles. The summed E-state index contributed by atoms with van der Waals surface area (Å²) in [7, 11) is 0. The molecule has 25 heavy (non-hydrogen) atoms. The third kappa shape index (κ3) is 12.9. The Morgan fingerprint density at radius 3 is 1.36 bits per heavy atom. The predicted molar refractivity (Wildman–Crippen MR) is 116 cm³/mol. The van der Waals surface area contributed by atoms with Gasteiger partial charge in [0.2, 0.25) is 0 Å². The van der Waals surface area contributed by atoms with Crippen molar-refractivity contribution in [3.05, 3.63) is 0 Å². The maximum atomic E-state index is 3.58. The summed E-state index contributed by atoms with van der Waals surface area (Å²) < 4.78 is 0. The monoisotopic (exact) mass is 353 g/mol. The third-order valence-corrected chi connectivity index (χ3v) is 6.60. The summed E-state index contributed by atoms with van der Waals surface area (Å²) in [6, 6.07) is 0. The van der Waals surface area contributed by atoms with Gasteiger partial charge in [-0.1, -0.05) is 106 Å². The maximum Gasteiger partial charge on any atom is -0.00489 e. The Morgan fingerprint density at radius 1 is 0.480 bits per heavy atom. The fourth-order valence-corrected chi connectivity index (χ4v) is 3.64. The Kier molecular flexibility index (Phi) is 15.0. The van der Waals surface area contributed by atoms with Crippen molar-refractivity contribution in [3.8, 4) is 0 Å². The molecule has 0 aliphatic rings. The van der Waals surface area contributed by atoms with Crippen LogP contribution in [0.25, 0.3) is 0 Å². The Hall–Kier alpha value is -0.0400. The van der Waals surface area contributed by atoms with E-state index in [1.807, 2.05) is 0 Å².